The van der Waals surface area contributed by atoms with Gasteiger partial charge in [-0.1, -0.05) is 6.07 Å². The molecule has 6 rings (SSSR count). The summed E-state index contributed by atoms with van der Waals surface area (Å²) in [6, 6.07) is 7.00. The molecule has 4 bridgehead atoms. The summed E-state index contributed by atoms with van der Waals surface area (Å²) in [5.41, 5.74) is 1.31. The fourth-order valence-corrected chi connectivity index (χ4v) is 6.81. The molecule has 8 nitrogen and oxygen atoms in total. The monoisotopic (exact) mass is 453 g/mol. The first-order valence-electron chi connectivity index (χ1n) is 11.8. The van der Waals surface area contributed by atoms with Gasteiger partial charge in [0.2, 0.25) is 0 Å². The Bertz CT molecular complexity index is 982. The number of nitrogens with zero attached hydrogens (tertiary/aromatic N) is 1. The summed E-state index contributed by atoms with van der Waals surface area (Å²) in [7, 11) is 1.27. The highest BCUT2D eigenvalue weighted by atomic mass is 16.5. The van der Waals surface area contributed by atoms with Gasteiger partial charge < -0.3 is 25.4 Å². The normalized spacial score (nSPS) is 30.1. The zero-order valence-corrected chi connectivity index (χ0v) is 18.9. The van der Waals surface area contributed by atoms with Gasteiger partial charge in [0.25, 0.3) is 11.8 Å². The van der Waals surface area contributed by atoms with E-state index in [1.807, 2.05) is 0 Å². The van der Waals surface area contributed by atoms with Crippen LogP contribution in [-0.4, -0.2) is 60.1 Å². The van der Waals surface area contributed by atoms with Crippen molar-refractivity contribution in [3.05, 3.63) is 41.1 Å². The number of benzene rings is 1. The Morgan fingerprint density at radius 1 is 1.15 bits per heavy atom. The third kappa shape index (κ3) is 4.12. The topological polar surface area (TPSA) is 108 Å². The number of esters is 1. The lowest BCUT2D eigenvalue weighted by Crippen LogP contribution is -2.59. The second kappa shape index (κ2) is 8.48. The van der Waals surface area contributed by atoms with E-state index >= 15 is 0 Å². The third-order valence-electron chi connectivity index (χ3n) is 7.76. The van der Waals surface area contributed by atoms with Crippen molar-refractivity contribution in [1.82, 2.24) is 10.2 Å². The Balaban J connectivity index is 1.33. The van der Waals surface area contributed by atoms with Crippen molar-refractivity contribution in [2.24, 2.45) is 17.8 Å². The second-order valence-electron chi connectivity index (χ2n) is 10.2. The van der Waals surface area contributed by atoms with Crippen molar-refractivity contribution in [2.45, 2.75) is 44.1 Å². The SMILES string of the molecule is COC(=O)C1=C(Nc2cccc(C(=O)NC34CC5CC(CC(C5)C3)C4)c2)C(=O)N(CCO)C1. The minimum Gasteiger partial charge on any atom is -0.466 e. The molecule has 1 aromatic carbocycles. The first kappa shape index (κ1) is 21.9. The molecule has 33 heavy (non-hydrogen) atoms. The van der Waals surface area contributed by atoms with Crippen LogP contribution in [0.5, 0.6) is 0 Å². The highest BCUT2D eigenvalue weighted by molar-refractivity contribution is 6.08. The van der Waals surface area contributed by atoms with Crippen molar-refractivity contribution in [3.8, 4) is 0 Å². The van der Waals surface area contributed by atoms with Crippen molar-refractivity contribution >= 4 is 23.5 Å². The fourth-order valence-electron chi connectivity index (χ4n) is 6.81. The molecule has 2 amide bonds. The Hall–Kier alpha value is -2.87. The van der Waals surface area contributed by atoms with E-state index in [1.165, 1.54) is 31.3 Å². The lowest BCUT2D eigenvalue weighted by molar-refractivity contribution is -0.136. The van der Waals surface area contributed by atoms with Gasteiger partial charge in [0.15, 0.2) is 0 Å². The molecule has 0 atom stereocenters. The van der Waals surface area contributed by atoms with Gasteiger partial charge in [0, 0.05) is 23.3 Å². The van der Waals surface area contributed by atoms with Crippen LogP contribution in [0.1, 0.15) is 48.9 Å². The molecular weight excluding hydrogens is 422 g/mol. The van der Waals surface area contributed by atoms with Gasteiger partial charge in [-0.25, -0.2) is 4.79 Å². The number of hydrogen-bond donors (Lipinski definition) is 3. The zero-order chi connectivity index (χ0) is 23.2. The summed E-state index contributed by atoms with van der Waals surface area (Å²) in [6.45, 7) is -0.00787. The maximum atomic E-state index is 13.2. The van der Waals surface area contributed by atoms with E-state index in [0.717, 1.165) is 37.0 Å². The number of aliphatic hydroxyl groups excluding tert-OH is 1. The number of rotatable bonds is 7. The molecule has 0 spiro atoms. The van der Waals surface area contributed by atoms with Gasteiger partial charge in [-0.2, -0.15) is 0 Å². The highest BCUT2D eigenvalue weighted by Crippen LogP contribution is 2.55. The van der Waals surface area contributed by atoms with Crippen LogP contribution in [0.3, 0.4) is 0 Å². The molecule has 0 aromatic heterocycles. The molecule has 1 aromatic rings. The minimum atomic E-state index is -0.595. The van der Waals surface area contributed by atoms with Crippen LogP contribution in [0.25, 0.3) is 0 Å². The molecule has 0 radical (unpaired) electrons. The number of amides is 2. The smallest absolute Gasteiger partial charge is 0.337 e. The Labute approximate surface area is 193 Å². The van der Waals surface area contributed by atoms with Gasteiger partial charge in [0.1, 0.15) is 5.70 Å². The average molecular weight is 454 g/mol. The summed E-state index contributed by atoms with van der Waals surface area (Å²) in [6.07, 6.45) is 7.17. The van der Waals surface area contributed by atoms with Crippen LogP contribution in [-0.2, 0) is 14.3 Å². The number of methoxy groups -OCH3 is 1. The zero-order valence-electron chi connectivity index (χ0n) is 18.9. The number of aliphatic hydroxyl groups is 1. The Morgan fingerprint density at radius 3 is 2.42 bits per heavy atom. The summed E-state index contributed by atoms with van der Waals surface area (Å²) in [5, 5.41) is 15.6. The maximum absolute atomic E-state index is 13.2. The quantitative estimate of drug-likeness (QED) is 0.546. The van der Waals surface area contributed by atoms with Crippen LogP contribution in [0.15, 0.2) is 35.5 Å². The van der Waals surface area contributed by atoms with E-state index < -0.39 is 5.97 Å². The molecule has 4 aliphatic carbocycles. The largest absolute Gasteiger partial charge is 0.466 e. The number of carbonyl (C=O) groups is 3. The second-order valence-corrected chi connectivity index (χ2v) is 10.2. The summed E-state index contributed by atoms with van der Waals surface area (Å²) >= 11 is 0. The predicted molar refractivity (Wildman–Crippen MR) is 121 cm³/mol. The van der Waals surface area contributed by atoms with Gasteiger partial charge in [-0.05, 0) is 74.5 Å². The van der Waals surface area contributed by atoms with Crippen LogP contribution in [0, 0.1) is 17.8 Å². The third-order valence-corrected chi connectivity index (χ3v) is 7.76. The molecular formula is C25H31N3O5. The van der Waals surface area contributed by atoms with Gasteiger partial charge >= 0.3 is 5.97 Å². The summed E-state index contributed by atoms with van der Waals surface area (Å²) in [5.74, 6) is 1.15. The van der Waals surface area contributed by atoms with Crippen molar-refractivity contribution < 1.29 is 24.2 Å². The van der Waals surface area contributed by atoms with E-state index in [-0.39, 0.29) is 48.3 Å². The van der Waals surface area contributed by atoms with Crippen LogP contribution in [0.4, 0.5) is 5.69 Å². The fraction of sp³-hybridized carbons (Fsp3) is 0.560. The Kier molecular flexibility index (Phi) is 5.64. The van der Waals surface area contributed by atoms with Gasteiger partial charge in [0.05, 0.1) is 25.8 Å². The average Bonchev–Trinajstić information content (AvgIpc) is 3.08. The predicted octanol–water partition coefficient (Wildman–Crippen LogP) is 2.06. The van der Waals surface area contributed by atoms with Crippen molar-refractivity contribution in [1.29, 1.82) is 0 Å². The van der Waals surface area contributed by atoms with Gasteiger partial charge in [-0.3, -0.25) is 9.59 Å². The number of β-amino-alcohol motifs (C(OH)–C–C–N with tert-alkyl or cyclic N) is 1. The molecule has 4 fully saturated rings. The molecule has 1 aliphatic heterocycles. The van der Waals surface area contributed by atoms with Crippen LogP contribution in [0.2, 0.25) is 0 Å². The van der Waals surface area contributed by atoms with E-state index in [2.05, 4.69) is 10.6 Å². The molecule has 3 N–H and O–H groups in total. The number of anilines is 1. The number of carbonyl (C=O) groups excluding carboxylic acids is 3. The summed E-state index contributed by atoms with van der Waals surface area (Å²) < 4.78 is 4.83. The van der Waals surface area contributed by atoms with Crippen LogP contribution >= 0.6 is 0 Å². The first-order chi connectivity index (χ1) is 15.9. The number of nitrogens with one attached hydrogen (secondary N) is 2. The number of hydrogen-bond acceptors (Lipinski definition) is 6. The lowest BCUT2D eigenvalue weighted by Gasteiger charge is -2.56. The molecule has 5 aliphatic rings. The van der Waals surface area contributed by atoms with E-state index in [4.69, 9.17) is 4.74 Å². The van der Waals surface area contributed by atoms with E-state index in [0.29, 0.717) is 11.3 Å². The Morgan fingerprint density at radius 2 is 1.82 bits per heavy atom. The minimum absolute atomic E-state index is 0.0700. The molecule has 4 saturated carbocycles. The first-order valence-corrected chi connectivity index (χ1v) is 11.8. The molecule has 176 valence electrons. The summed E-state index contributed by atoms with van der Waals surface area (Å²) in [4.78, 5) is 39.6. The molecule has 0 unspecified atom stereocenters. The standard InChI is InChI=1S/C25H31N3O5/c1-33-24(32)20-14-28(5-6-29)23(31)21(20)26-19-4-2-3-18(10-19)22(30)27-25-11-15-7-16(12-25)9-17(8-15)13-25/h2-4,10,15-17,26,29H,5-9,11-14H2,1H3,(H,27,30). The highest BCUT2D eigenvalue weighted by Gasteiger charge is 2.51. The van der Waals surface area contributed by atoms with E-state index in [9.17, 15) is 19.5 Å². The maximum Gasteiger partial charge on any atom is 0.337 e. The van der Waals surface area contributed by atoms with Crippen LogP contribution < -0.4 is 10.6 Å². The van der Waals surface area contributed by atoms with E-state index in [1.54, 1.807) is 24.3 Å². The van der Waals surface area contributed by atoms with Gasteiger partial charge in [-0.15, -0.1) is 0 Å². The molecule has 8 heteroatoms. The van der Waals surface area contributed by atoms with Crippen molar-refractivity contribution in [2.75, 3.05) is 32.1 Å². The molecule has 0 saturated heterocycles. The molecule has 1 heterocycles. The van der Waals surface area contributed by atoms with Crippen molar-refractivity contribution in [3.63, 3.8) is 0 Å². The number of ether oxygens (including phenoxy) is 1. The lowest BCUT2D eigenvalue weighted by atomic mass is 9.53.